The molecule has 1 aromatic rings. The summed E-state index contributed by atoms with van der Waals surface area (Å²) >= 11 is 0. The van der Waals surface area contributed by atoms with Gasteiger partial charge in [-0.3, -0.25) is 4.79 Å². The Labute approximate surface area is 150 Å². The number of benzene rings is 1. The second-order valence-corrected chi connectivity index (χ2v) is 9.39. The lowest BCUT2D eigenvalue weighted by Gasteiger charge is -2.25. The van der Waals surface area contributed by atoms with E-state index in [1.54, 1.807) is 17.0 Å². The van der Waals surface area contributed by atoms with Crippen LogP contribution < -0.4 is 0 Å². The summed E-state index contributed by atoms with van der Waals surface area (Å²) in [5, 5.41) is 9.17. The van der Waals surface area contributed by atoms with Crippen LogP contribution >= 0.6 is 0 Å². The molecule has 136 valence electrons. The first-order valence-corrected chi connectivity index (χ1v) is 9.86. The van der Waals surface area contributed by atoms with Gasteiger partial charge >= 0.3 is 0 Å². The van der Waals surface area contributed by atoms with Gasteiger partial charge in [0.1, 0.15) is 6.07 Å². The molecule has 0 aliphatic carbocycles. The van der Waals surface area contributed by atoms with E-state index in [4.69, 9.17) is 0 Å². The van der Waals surface area contributed by atoms with Crippen molar-refractivity contribution in [3.8, 4) is 6.07 Å². The average Bonchev–Trinajstić information content (AvgIpc) is 2.80. The van der Waals surface area contributed by atoms with Crippen molar-refractivity contribution in [3.63, 3.8) is 0 Å². The fourth-order valence-corrected chi connectivity index (χ4v) is 4.48. The van der Waals surface area contributed by atoms with E-state index in [2.05, 4.69) is 0 Å². The third-order valence-corrected chi connectivity index (χ3v) is 6.07. The summed E-state index contributed by atoms with van der Waals surface area (Å²) in [6.07, 6.45) is 1.03. The molecule has 1 amide bonds. The second-order valence-electron chi connectivity index (χ2n) is 7.48. The first-order chi connectivity index (χ1) is 11.6. The number of sulfonamides is 1. The zero-order valence-electron chi connectivity index (χ0n) is 15.0. The van der Waals surface area contributed by atoms with Crippen LogP contribution in [-0.2, 0) is 14.8 Å². The molecule has 0 saturated carbocycles. The summed E-state index contributed by atoms with van der Waals surface area (Å²) in [7, 11) is -3.74. The van der Waals surface area contributed by atoms with E-state index in [9.17, 15) is 18.5 Å². The number of nitriles is 1. The van der Waals surface area contributed by atoms with Crippen molar-refractivity contribution < 1.29 is 13.2 Å². The van der Waals surface area contributed by atoms with Gasteiger partial charge in [0, 0.05) is 32.6 Å². The van der Waals surface area contributed by atoms with E-state index in [1.165, 1.54) is 16.4 Å². The van der Waals surface area contributed by atoms with Crippen molar-refractivity contribution in [1.82, 2.24) is 9.21 Å². The number of hydrogen-bond acceptors (Lipinski definition) is 4. The van der Waals surface area contributed by atoms with Gasteiger partial charge in [-0.2, -0.15) is 9.57 Å². The molecule has 25 heavy (non-hydrogen) atoms. The molecule has 1 aliphatic heterocycles. The molecule has 1 aliphatic rings. The largest absolute Gasteiger partial charge is 0.341 e. The van der Waals surface area contributed by atoms with Crippen molar-refractivity contribution >= 4 is 15.9 Å². The highest BCUT2D eigenvalue weighted by atomic mass is 32.2. The molecule has 0 aromatic heterocycles. The van der Waals surface area contributed by atoms with E-state index >= 15 is 0 Å². The zero-order valence-corrected chi connectivity index (χ0v) is 15.8. The maximum atomic E-state index is 12.9. The Bertz CT molecular complexity index is 775. The van der Waals surface area contributed by atoms with Gasteiger partial charge in [0.25, 0.3) is 0 Å². The topological polar surface area (TPSA) is 81.5 Å². The van der Waals surface area contributed by atoms with E-state index in [-0.39, 0.29) is 28.3 Å². The van der Waals surface area contributed by atoms with Crippen molar-refractivity contribution in [2.45, 2.75) is 38.5 Å². The predicted octanol–water partition coefficient (Wildman–Crippen LogP) is 2.22. The average molecular weight is 363 g/mol. The number of rotatable bonds is 3. The predicted molar refractivity (Wildman–Crippen MR) is 95.2 cm³/mol. The third kappa shape index (κ3) is 4.80. The number of hydrogen-bond donors (Lipinski definition) is 0. The van der Waals surface area contributed by atoms with Gasteiger partial charge in [0.05, 0.1) is 10.5 Å². The Kier molecular flexibility index (Phi) is 5.86. The van der Waals surface area contributed by atoms with Gasteiger partial charge in [-0.15, -0.1) is 0 Å². The molecule has 1 fully saturated rings. The Morgan fingerprint density at radius 3 is 2.48 bits per heavy atom. The molecule has 1 aromatic carbocycles. The van der Waals surface area contributed by atoms with Crippen LogP contribution in [0.3, 0.4) is 0 Å². The highest BCUT2D eigenvalue weighted by Gasteiger charge is 2.30. The van der Waals surface area contributed by atoms with Crippen LogP contribution in [0.5, 0.6) is 0 Å². The molecule has 0 N–H and O–H groups in total. The number of nitrogens with zero attached hydrogens (tertiary/aromatic N) is 3. The van der Waals surface area contributed by atoms with Gasteiger partial charge in [0.15, 0.2) is 0 Å². The fraction of sp³-hybridized carbons (Fsp3) is 0.556. The summed E-state index contributed by atoms with van der Waals surface area (Å²) in [6, 6.07) is 8.16. The smallest absolute Gasteiger partial charge is 0.244 e. The number of amides is 1. The molecular formula is C18H25N3O3S. The van der Waals surface area contributed by atoms with Gasteiger partial charge in [0.2, 0.25) is 15.9 Å². The Morgan fingerprint density at radius 2 is 1.84 bits per heavy atom. The molecule has 1 heterocycles. The third-order valence-electron chi connectivity index (χ3n) is 4.11. The highest BCUT2D eigenvalue weighted by molar-refractivity contribution is 7.89. The lowest BCUT2D eigenvalue weighted by atomic mass is 9.91. The Balaban J connectivity index is 2.15. The Hall–Kier alpha value is -1.91. The quantitative estimate of drug-likeness (QED) is 0.824. The van der Waals surface area contributed by atoms with Gasteiger partial charge < -0.3 is 4.90 Å². The molecule has 6 nitrogen and oxygen atoms in total. The van der Waals surface area contributed by atoms with Crippen LogP contribution in [-0.4, -0.2) is 49.7 Å². The summed E-state index contributed by atoms with van der Waals surface area (Å²) in [5.74, 6) is 0.0594. The standard InChI is InChI=1S/C18H25N3O3S/c1-18(2,3)13-17(22)20-9-6-10-21(12-11-20)25(23,24)16-8-5-4-7-15(16)14-19/h4-5,7-8H,6,9-13H2,1-3H3. The van der Waals surface area contributed by atoms with E-state index in [1.807, 2.05) is 26.8 Å². The molecule has 0 spiro atoms. The first kappa shape index (κ1) is 19.4. The van der Waals surface area contributed by atoms with Crippen molar-refractivity contribution in [2.75, 3.05) is 26.2 Å². The van der Waals surface area contributed by atoms with E-state index in [0.717, 1.165) is 0 Å². The van der Waals surface area contributed by atoms with Crippen LogP contribution in [0.4, 0.5) is 0 Å². The normalized spacial score (nSPS) is 17.0. The second kappa shape index (κ2) is 7.54. The molecule has 0 atom stereocenters. The van der Waals surface area contributed by atoms with Gasteiger partial charge in [-0.05, 0) is 24.0 Å². The van der Waals surface area contributed by atoms with Gasteiger partial charge in [-0.25, -0.2) is 8.42 Å². The van der Waals surface area contributed by atoms with Crippen molar-refractivity contribution in [1.29, 1.82) is 5.26 Å². The summed E-state index contributed by atoms with van der Waals surface area (Å²) in [5.41, 5.74) is 0.0494. The first-order valence-electron chi connectivity index (χ1n) is 8.42. The number of carbonyl (C=O) groups is 1. The van der Waals surface area contributed by atoms with Gasteiger partial charge in [-0.1, -0.05) is 32.9 Å². The van der Waals surface area contributed by atoms with Crippen LogP contribution in [0.15, 0.2) is 29.2 Å². The van der Waals surface area contributed by atoms with E-state index < -0.39 is 10.0 Å². The lowest BCUT2D eigenvalue weighted by molar-refractivity contribution is -0.132. The van der Waals surface area contributed by atoms with Crippen LogP contribution in [0, 0.1) is 16.7 Å². The molecule has 0 radical (unpaired) electrons. The van der Waals surface area contributed by atoms with Crippen molar-refractivity contribution in [2.24, 2.45) is 5.41 Å². The zero-order chi connectivity index (χ0) is 18.7. The number of carbonyl (C=O) groups excluding carboxylic acids is 1. The molecule has 0 unspecified atom stereocenters. The van der Waals surface area contributed by atoms with Crippen LogP contribution in [0.2, 0.25) is 0 Å². The monoisotopic (exact) mass is 363 g/mol. The molecule has 7 heteroatoms. The minimum atomic E-state index is -3.74. The lowest BCUT2D eigenvalue weighted by Crippen LogP contribution is -2.38. The van der Waals surface area contributed by atoms with Crippen LogP contribution in [0.1, 0.15) is 39.2 Å². The van der Waals surface area contributed by atoms with Crippen LogP contribution in [0.25, 0.3) is 0 Å². The minimum Gasteiger partial charge on any atom is -0.341 e. The Morgan fingerprint density at radius 1 is 1.16 bits per heavy atom. The molecule has 1 saturated heterocycles. The van der Waals surface area contributed by atoms with Crippen molar-refractivity contribution in [3.05, 3.63) is 29.8 Å². The highest BCUT2D eigenvalue weighted by Crippen LogP contribution is 2.23. The SMILES string of the molecule is CC(C)(C)CC(=O)N1CCCN(S(=O)(=O)c2ccccc2C#N)CC1. The van der Waals surface area contributed by atoms with E-state index in [0.29, 0.717) is 32.5 Å². The maximum absolute atomic E-state index is 12.9. The fourth-order valence-electron chi connectivity index (χ4n) is 2.87. The summed E-state index contributed by atoms with van der Waals surface area (Å²) in [4.78, 5) is 14.2. The maximum Gasteiger partial charge on any atom is 0.244 e. The summed E-state index contributed by atoms with van der Waals surface area (Å²) < 4.78 is 27.2. The summed E-state index contributed by atoms with van der Waals surface area (Å²) in [6.45, 7) is 7.57. The molecule has 0 bridgehead atoms. The molecular weight excluding hydrogens is 338 g/mol. The minimum absolute atomic E-state index is 0.0342. The molecule has 2 rings (SSSR count).